The van der Waals surface area contributed by atoms with Crippen LogP contribution in [0, 0.1) is 5.41 Å². The minimum Gasteiger partial charge on any atom is -0.349 e. The number of Topliss-reactive ketones (excluding diaryl/α,β-unsaturated/α-hetero) is 1. The molecular weight excluding hydrogens is 268 g/mol. The molecule has 1 aromatic heterocycles. The zero-order valence-electron chi connectivity index (χ0n) is 12.5. The van der Waals surface area contributed by atoms with E-state index in [9.17, 15) is 4.79 Å². The normalized spacial score (nSPS) is 22.8. The third-order valence-corrected chi connectivity index (χ3v) is 5.37. The SMILES string of the molecule is CC1(C)CC(=O)c2ccn(CCN3CCSCC3)c2C1. The Kier molecular flexibility index (Phi) is 3.95. The van der Waals surface area contributed by atoms with Gasteiger partial charge in [-0.2, -0.15) is 11.8 Å². The van der Waals surface area contributed by atoms with E-state index in [2.05, 4.69) is 41.3 Å². The molecule has 0 radical (unpaired) electrons. The maximum atomic E-state index is 12.2. The highest BCUT2D eigenvalue weighted by Gasteiger charge is 2.32. The van der Waals surface area contributed by atoms with E-state index in [1.54, 1.807) is 0 Å². The van der Waals surface area contributed by atoms with Crippen LogP contribution in [-0.2, 0) is 13.0 Å². The second kappa shape index (κ2) is 5.57. The average Bonchev–Trinajstić information content (AvgIpc) is 2.79. The molecule has 3 nitrogen and oxygen atoms in total. The molecule has 1 saturated heterocycles. The van der Waals surface area contributed by atoms with Gasteiger partial charge in [0.2, 0.25) is 0 Å². The summed E-state index contributed by atoms with van der Waals surface area (Å²) in [6, 6.07) is 2.03. The Balaban J connectivity index is 1.70. The molecule has 1 aliphatic carbocycles. The molecule has 0 N–H and O–H groups in total. The zero-order chi connectivity index (χ0) is 14.2. The number of nitrogens with zero attached hydrogens (tertiary/aromatic N) is 2. The van der Waals surface area contributed by atoms with Gasteiger partial charge in [-0.3, -0.25) is 9.69 Å². The monoisotopic (exact) mass is 292 g/mol. The maximum absolute atomic E-state index is 12.2. The summed E-state index contributed by atoms with van der Waals surface area (Å²) in [6.45, 7) is 8.94. The fourth-order valence-electron chi connectivity index (χ4n) is 3.29. The van der Waals surface area contributed by atoms with Crippen LogP contribution in [0.4, 0.5) is 0 Å². The summed E-state index contributed by atoms with van der Waals surface area (Å²) in [5.41, 5.74) is 2.35. The fourth-order valence-corrected chi connectivity index (χ4v) is 4.26. The van der Waals surface area contributed by atoms with Crippen LogP contribution in [0.25, 0.3) is 0 Å². The third-order valence-electron chi connectivity index (χ3n) is 4.43. The second-order valence-electron chi connectivity index (χ2n) is 6.76. The van der Waals surface area contributed by atoms with Gasteiger partial charge in [0.05, 0.1) is 0 Å². The van der Waals surface area contributed by atoms with E-state index in [0.717, 1.165) is 25.1 Å². The lowest BCUT2D eigenvalue weighted by atomic mass is 9.76. The van der Waals surface area contributed by atoms with E-state index >= 15 is 0 Å². The number of hydrogen-bond acceptors (Lipinski definition) is 3. The third kappa shape index (κ3) is 2.96. The molecule has 4 heteroatoms. The van der Waals surface area contributed by atoms with Crippen molar-refractivity contribution in [2.24, 2.45) is 5.41 Å². The van der Waals surface area contributed by atoms with Gasteiger partial charge >= 0.3 is 0 Å². The van der Waals surface area contributed by atoms with E-state index < -0.39 is 0 Å². The number of thioether (sulfide) groups is 1. The molecule has 110 valence electrons. The predicted molar refractivity (Wildman–Crippen MR) is 84.6 cm³/mol. The number of rotatable bonds is 3. The number of carbonyl (C=O) groups excluding carboxylic acids is 1. The van der Waals surface area contributed by atoms with Crippen LogP contribution >= 0.6 is 11.8 Å². The van der Waals surface area contributed by atoms with Crippen LogP contribution in [0.2, 0.25) is 0 Å². The molecule has 0 bridgehead atoms. The summed E-state index contributed by atoms with van der Waals surface area (Å²) >= 11 is 2.05. The summed E-state index contributed by atoms with van der Waals surface area (Å²) in [5, 5.41) is 0. The van der Waals surface area contributed by atoms with Crippen LogP contribution in [0.15, 0.2) is 12.3 Å². The molecule has 0 atom stereocenters. The Morgan fingerprint density at radius 2 is 1.95 bits per heavy atom. The Hall–Kier alpha value is -0.740. The minimum atomic E-state index is 0.113. The van der Waals surface area contributed by atoms with Crippen molar-refractivity contribution in [2.75, 3.05) is 31.1 Å². The predicted octanol–water partition coefficient (Wildman–Crippen LogP) is 2.69. The fraction of sp³-hybridized carbons (Fsp3) is 0.688. The smallest absolute Gasteiger partial charge is 0.165 e. The van der Waals surface area contributed by atoms with E-state index in [4.69, 9.17) is 0 Å². The Labute approximate surface area is 125 Å². The number of aromatic nitrogens is 1. The molecule has 0 saturated carbocycles. The maximum Gasteiger partial charge on any atom is 0.165 e. The van der Waals surface area contributed by atoms with Crippen LogP contribution in [0.3, 0.4) is 0 Å². The first kappa shape index (κ1) is 14.2. The van der Waals surface area contributed by atoms with Gasteiger partial charge in [-0.15, -0.1) is 0 Å². The van der Waals surface area contributed by atoms with Gasteiger partial charge in [-0.25, -0.2) is 0 Å². The molecule has 3 rings (SSSR count). The molecule has 0 spiro atoms. The van der Waals surface area contributed by atoms with Gasteiger partial charge < -0.3 is 4.57 Å². The first-order chi connectivity index (χ1) is 9.55. The molecule has 0 aromatic carbocycles. The molecule has 20 heavy (non-hydrogen) atoms. The topological polar surface area (TPSA) is 25.2 Å². The van der Waals surface area contributed by atoms with E-state index in [1.807, 2.05) is 6.07 Å². The van der Waals surface area contributed by atoms with Crippen molar-refractivity contribution in [3.05, 3.63) is 23.5 Å². The van der Waals surface area contributed by atoms with Crippen molar-refractivity contribution in [1.29, 1.82) is 0 Å². The largest absolute Gasteiger partial charge is 0.349 e. The van der Waals surface area contributed by atoms with Gasteiger partial charge in [0.25, 0.3) is 0 Å². The van der Waals surface area contributed by atoms with Crippen molar-refractivity contribution in [1.82, 2.24) is 9.47 Å². The van der Waals surface area contributed by atoms with Crippen molar-refractivity contribution in [3.63, 3.8) is 0 Å². The quantitative estimate of drug-likeness (QED) is 0.856. The van der Waals surface area contributed by atoms with Crippen LogP contribution in [-0.4, -0.2) is 46.4 Å². The van der Waals surface area contributed by atoms with Crippen molar-refractivity contribution in [2.45, 2.75) is 33.2 Å². The van der Waals surface area contributed by atoms with E-state index in [0.29, 0.717) is 12.2 Å². The number of hydrogen-bond donors (Lipinski definition) is 0. The second-order valence-corrected chi connectivity index (χ2v) is 7.99. The molecule has 0 amide bonds. The Morgan fingerprint density at radius 1 is 1.20 bits per heavy atom. The van der Waals surface area contributed by atoms with Crippen LogP contribution in [0.1, 0.15) is 36.3 Å². The summed E-state index contributed by atoms with van der Waals surface area (Å²) < 4.78 is 2.32. The standard InChI is InChI=1S/C16H24N2OS/c1-16(2)11-14-13(15(19)12-16)3-4-18(14)6-5-17-7-9-20-10-8-17/h3-4H,5-12H2,1-2H3. The Morgan fingerprint density at radius 3 is 2.70 bits per heavy atom. The van der Waals surface area contributed by atoms with Crippen LogP contribution < -0.4 is 0 Å². The number of carbonyl (C=O) groups is 1. The lowest BCUT2D eigenvalue weighted by Crippen LogP contribution is -2.35. The summed E-state index contributed by atoms with van der Waals surface area (Å²) in [6.07, 6.45) is 3.83. The molecular formula is C16H24N2OS. The van der Waals surface area contributed by atoms with Gasteiger partial charge in [-0.1, -0.05) is 13.8 Å². The molecule has 2 aliphatic rings. The van der Waals surface area contributed by atoms with Crippen molar-refractivity contribution >= 4 is 17.5 Å². The van der Waals surface area contributed by atoms with E-state index in [1.165, 1.54) is 30.3 Å². The lowest BCUT2D eigenvalue weighted by Gasteiger charge is -2.31. The highest BCUT2D eigenvalue weighted by atomic mass is 32.2. The van der Waals surface area contributed by atoms with Crippen LogP contribution in [0.5, 0.6) is 0 Å². The van der Waals surface area contributed by atoms with E-state index in [-0.39, 0.29) is 5.41 Å². The number of fused-ring (bicyclic) bond motifs is 1. The summed E-state index contributed by atoms with van der Waals surface area (Å²) in [7, 11) is 0. The van der Waals surface area contributed by atoms with Gasteiger partial charge in [0.1, 0.15) is 0 Å². The van der Waals surface area contributed by atoms with Crippen molar-refractivity contribution in [3.8, 4) is 0 Å². The highest BCUT2D eigenvalue weighted by molar-refractivity contribution is 7.99. The number of ketones is 1. The first-order valence-corrected chi connectivity index (χ1v) is 8.72. The molecule has 1 fully saturated rings. The average molecular weight is 292 g/mol. The highest BCUT2D eigenvalue weighted by Crippen LogP contribution is 2.35. The first-order valence-electron chi connectivity index (χ1n) is 7.56. The molecule has 0 unspecified atom stereocenters. The lowest BCUT2D eigenvalue weighted by molar-refractivity contribution is 0.0909. The molecule has 1 aliphatic heterocycles. The van der Waals surface area contributed by atoms with Gasteiger partial charge in [0, 0.05) is 61.6 Å². The summed E-state index contributed by atoms with van der Waals surface area (Å²) in [4.78, 5) is 14.7. The minimum absolute atomic E-state index is 0.113. The van der Waals surface area contributed by atoms with Crippen molar-refractivity contribution < 1.29 is 4.79 Å². The molecule has 2 heterocycles. The molecule has 1 aromatic rings. The Bertz CT molecular complexity index is 501. The van der Waals surface area contributed by atoms with Gasteiger partial charge in [0.15, 0.2) is 5.78 Å². The zero-order valence-corrected chi connectivity index (χ0v) is 13.3. The summed E-state index contributed by atoms with van der Waals surface area (Å²) in [5.74, 6) is 2.84. The van der Waals surface area contributed by atoms with Gasteiger partial charge in [-0.05, 0) is 17.9 Å².